The second kappa shape index (κ2) is 3.37. The Kier molecular flexibility index (Phi) is 2.03. The largest absolute Gasteiger partial charge is 0.373 e. The molecule has 3 rings (SSSR count). The van der Waals surface area contributed by atoms with Crippen LogP contribution in [0, 0.1) is 0 Å². The molecular formula is C10H15N3O. The van der Waals surface area contributed by atoms with Crippen LogP contribution in [-0.2, 0) is 11.3 Å². The third-order valence-electron chi connectivity index (χ3n) is 3.19. The van der Waals surface area contributed by atoms with Crippen molar-refractivity contribution in [1.82, 2.24) is 15.3 Å². The van der Waals surface area contributed by atoms with E-state index in [1.165, 1.54) is 19.3 Å². The lowest BCUT2D eigenvalue weighted by molar-refractivity contribution is 0.0972. The van der Waals surface area contributed by atoms with Crippen molar-refractivity contribution >= 4 is 0 Å². The second-order valence-corrected chi connectivity index (χ2v) is 4.13. The van der Waals surface area contributed by atoms with Gasteiger partial charge in [0.1, 0.15) is 5.82 Å². The molecule has 2 N–H and O–H groups in total. The summed E-state index contributed by atoms with van der Waals surface area (Å²) in [6, 6.07) is 0.541. The van der Waals surface area contributed by atoms with Crippen LogP contribution in [0.2, 0.25) is 0 Å². The van der Waals surface area contributed by atoms with Crippen LogP contribution >= 0.6 is 0 Å². The molecule has 14 heavy (non-hydrogen) atoms. The highest BCUT2D eigenvalue weighted by Crippen LogP contribution is 2.34. The molecule has 76 valence electrons. The Morgan fingerprint density at radius 1 is 1.57 bits per heavy atom. The lowest BCUT2D eigenvalue weighted by Crippen LogP contribution is -2.37. The molecule has 0 spiro atoms. The maximum atomic E-state index is 5.76. The van der Waals surface area contributed by atoms with E-state index in [1.54, 1.807) is 6.20 Å². The average molecular weight is 193 g/mol. The van der Waals surface area contributed by atoms with Gasteiger partial charge in [0.25, 0.3) is 0 Å². The van der Waals surface area contributed by atoms with Crippen LogP contribution in [0.1, 0.15) is 25.1 Å². The van der Waals surface area contributed by atoms with Crippen molar-refractivity contribution in [1.29, 1.82) is 0 Å². The van der Waals surface area contributed by atoms with Crippen LogP contribution in [0.4, 0.5) is 0 Å². The van der Waals surface area contributed by atoms with Gasteiger partial charge in [-0.05, 0) is 19.3 Å². The topological polar surface area (TPSA) is 49.9 Å². The predicted molar refractivity (Wildman–Crippen MR) is 51.7 cm³/mol. The lowest BCUT2D eigenvalue weighted by atomic mass is 9.95. The molecule has 2 unspecified atom stereocenters. The number of rotatable bonds is 3. The standard InChI is InChI=1S/C10H15N3O/c1-2-9-8(5-7(1)14-9)13-6-10-11-3-4-12-10/h3-4,7-9,13H,1-2,5-6H2,(H,11,12)/t7?,8-,9?/m0/s1. The Morgan fingerprint density at radius 2 is 2.57 bits per heavy atom. The van der Waals surface area contributed by atoms with Gasteiger partial charge in [0.15, 0.2) is 0 Å². The van der Waals surface area contributed by atoms with Crippen LogP contribution in [-0.4, -0.2) is 28.2 Å². The highest BCUT2D eigenvalue weighted by atomic mass is 16.5. The van der Waals surface area contributed by atoms with E-state index >= 15 is 0 Å². The number of fused-ring (bicyclic) bond motifs is 2. The first-order valence-electron chi connectivity index (χ1n) is 5.29. The van der Waals surface area contributed by atoms with Gasteiger partial charge in [0.05, 0.1) is 18.8 Å². The Bertz CT molecular complexity index is 298. The zero-order valence-electron chi connectivity index (χ0n) is 8.07. The molecule has 0 radical (unpaired) electrons. The molecule has 1 aromatic heterocycles. The van der Waals surface area contributed by atoms with E-state index in [1.807, 2.05) is 6.20 Å². The van der Waals surface area contributed by atoms with Crippen molar-refractivity contribution < 1.29 is 4.74 Å². The summed E-state index contributed by atoms with van der Waals surface area (Å²) in [7, 11) is 0. The number of nitrogens with one attached hydrogen (secondary N) is 2. The van der Waals surface area contributed by atoms with Gasteiger partial charge in [-0.25, -0.2) is 4.98 Å². The number of hydrogen-bond donors (Lipinski definition) is 2. The third kappa shape index (κ3) is 1.44. The third-order valence-corrected chi connectivity index (χ3v) is 3.19. The Labute approximate surface area is 83.1 Å². The van der Waals surface area contributed by atoms with Crippen LogP contribution < -0.4 is 5.32 Å². The maximum absolute atomic E-state index is 5.76. The Balaban J connectivity index is 1.54. The van der Waals surface area contributed by atoms with E-state index in [4.69, 9.17) is 4.74 Å². The van der Waals surface area contributed by atoms with Crippen LogP contribution in [0.25, 0.3) is 0 Å². The molecule has 2 aliphatic rings. The molecule has 3 atom stereocenters. The molecule has 0 amide bonds. The average Bonchev–Trinajstić information content (AvgIpc) is 2.91. The fourth-order valence-corrected chi connectivity index (χ4v) is 2.48. The van der Waals surface area contributed by atoms with Crippen LogP contribution in [0.15, 0.2) is 12.4 Å². The predicted octanol–water partition coefficient (Wildman–Crippen LogP) is 0.819. The number of ether oxygens (including phenoxy) is 1. The van der Waals surface area contributed by atoms with Gasteiger partial charge in [-0.2, -0.15) is 0 Å². The fourth-order valence-electron chi connectivity index (χ4n) is 2.48. The zero-order valence-corrected chi connectivity index (χ0v) is 8.07. The van der Waals surface area contributed by atoms with Crippen molar-refractivity contribution in [3.63, 3.8) is 0 Å². The molecule has 0 aromatic carbocycles. The minimum absolute atomic E-state index is 0.454. The highest BCUT2D eigenvalue weighted by Gasteiger charge is 2.40. The monoisotopic (exact) mass is 193 g/mol. The molecule has 1 aromatic rings. The molecule has 2 fully saturated rings. The van der Waals surface area contributed by atoms with E-state index in [9.17, 15) is 0 Å². The summed E-state index contributed by atoms with van der Waals surface area (Å²) in [6.45, 7) is 0.824. The normalized spacial score (nSPS) is 35.3. The van der Waals surface area contributed by atoms with Gasteiger partial charge in [0, 0.05) is 18.4 Å². The van der Waals surface area contributed by atoms with Crippen LogP contribution in [0.5, 0.6) is 0 Å². The molecule has 3 heterocycles. The first kappa shape index (κ1) is 8.44. The zero-order chi connectivity index (χ0) is 9.38. The van der Waals surface area contributed by atoms with Gasteiger partial charge < -0.3 is 15.0 Å². The summed E-state index contributed by atoms with van der Waals surface area (Å²) in [5.41, 5.74) is 0. The summed E-state index contributed by atoms with van der Waals surface area (Å²) in [4.78, 5) is 7.27. The summed E-state index contributed by atoms with van der Waals surface area (Å²) >= 11 is 0. The van der Waals surface area contributed by atoms with Gasteiger partial charge in [-0.15, -0.1) is 0 Å². The number of H-pyrrole nitrogens is 1. The first-order valence-corrected chi connectivity index (χ1v) is 5.29. The molecular weight excluding hydrogens is 178 g/mol. The molecule has 0 aliphatic carbocycles. The molecule has 4 heteroatoms. The van der Waals surface area contributed by atoms with E-state index in [-0.39, 0.29) is 0 Å². The van der Waals surface area contributed by atoms with Gasteiger partial charge in [-0.1, -0.05) is 0 Å². The van der Waals surface area contributed by atoms with E-state index in [2.05, 4.69) is 15.3 Å². The van der Waals surface area contributed by atoms with Crippen LogP contribution in [0.3, 0.4) is 0 Å². The van der Waals surface area contributed by atoms with Crippen molar-refractivity contribution in [3.8, 4) is 0 Å². The Morgan fingerprint density at radius 3 is 3.21 bits per heavy atom. The number of hydrogen-bond acceptors (Lipinski definition) is 3. The highest BCUT2D eigenvalue weighted by molar-refractivity contribution is 4.95. The molecule has 2 bridgehead atoms. The van der Waals surface area contributed by atoms with Gasteiger partial charge in [0.2, 0.25) is 0 Å². The molecule has 2 aliphatic heterocycles. The van der Waals surface area contributed by atoms with E-state index in [0.717, 1.165) is 12.4 Å². The van der Waals surface area contributed by atoms with E-state index in [0.29, 0.717) is 18.2 Å². The van der Waals surface area contributed by atoms with Crippen molar-refractivity contribution in [2.75, 3.05) is 0 Å². The minimum atomic E-state index is 0.454. The summed E-state index contributed by atoms with van der Waals surface area (Å²) in [6.07, 6.45) is 8.27. The number of imidazole rings is 1. The Hall–Kier alpha value is -0.870. The van der Waals surface area contributed by atoms with Crippen molar-refractivity contribution in [2.45, 2.75) is 44.1 Å². The van der Waals surface area contributed by atoms with Gasteiger partial charge in [-0.3, -0.25) is 0 Å². The SMILES string of the molecule is c1c[nH]c(CN[C@H]2CC3CCC2O3)n1. The number of aromatic nitrogens is 2. The number of aromatic amines is 1. The number of nitrogens with zero attached hydrogens (tertiary/aromatic N) is 1. The fraction of sp³-hybridized carbons (Fsp3) is 0.700. The first-order chi connectivity index (χ1) is 6.92. The van der Waals surface area contributed by atoms with Gasteiger partial charge >= 0.3 is 0 Å². The van der Waals surface area contributed by atoms with E-state index < -0.39 is 0 Å². The smallest absolute Gasteiger partial charge is 0.120 e. The summed E-state index contributed by atoms with van der Waals surface area (Å²) < 4.78 is 5.76. The summed E-state index contributed by atoms with van der Waals surface area (Å²) in [5.74, 6) is 1.01. The maximum Gasteiger partial charge on any atom is 0.120 e. The van der Waals surface area contributed by atoms with Crippen molar-refractivity contribution in [2.24, 2.45) is 0 Å². The summed E-state index contributed by atoms with van der Waals surface area (Å²) in [5, 5.41) is 3.50. The quantitative estimate of drug-likeness (QED) is 0.747. The lowest BCUT2D eigenvalue weighted by Gasteiger charge is -2.19. The molecule has 0 saturated carbocycles. The minimum Gasteiger partial charge on any atom is -0.373 e. The van der Waals surface area contributed by atoms with Crippen molar-refractivity contribution in [3.05, 3.63) is 18.2 Å². The second-order valence-electron chi connectivity index (χ2n) is 4.13. The molecule has 2 saturated heterocycles. The molecule has 4 nitrogen and oxygen atoms in total.